The molecule has 98 valence electrons. The lowest BCUT2D eigenvalue weighted by molar-refractivity contribution is -0.147. The fourth-order valence-electron chi connectivity index (χ4n) is 2.21. The summed E-state index contributed by atoms with van der Waals surface area (Å²) in [5, 5.41) is 9.02. The van der Waals surface area contributed by atoms with Crippen LogP contribution in [0.4, 0.5) is 0 Å². The molecule has 0 aromatic heterocycles. The van der Waals surface area contributed by atoms with E-state index in [2.05, 4.69) is 0 Å². The SMILES string of the molecule is CC1CCC(C(=O)O)CN1C(=O)CC(C)(C)C. The number of rotatable bonds is 2. The smallest absolute Gasteiger partial charge is 0.308 e. The molecule has 0 spiro atoms. The minimum Gasteiger partial charge on any atom is -0.481 e. The molecule has 0 saturated carbocycles. The van der Waals surface area contributed by atoms with Crippen molar-refractivity contribution >= 4 is 11.9 Å². The largest absolute Gasteiger partial charge is 0.481 e. The lowest BCUT2D eigenvalue weighted by Crippen LogP contribution is -2.48. The molecule has 0 aliphatic carbocycles. The number of carbonyl (C=O) groups is 2. The molecule has 0 aromatic rings. The summed E-state index contributed by atoms with van der Waals surface area (Å²) < 4.78 is 0. The predicted octanol–water partition coefficient (Wildman–Crippen LogP) is 2.13. The second kappa shape index (κ2) is 5.07. The predicted molar refractivity (Wildman–Crippen MR) is 65.6 cm³/mol. The Morgan fingerprint density at radius 2 is 1.88 bits per heavy atom. The number of aliphatic carboxylic acids is 1. The van der Waals surface area contributed by atoms with Crippen molar-refractivity contribution in [3.63, 3.8) is 0 Å². The molecule has 1 fully saturated rings. The van der Waals surface area contributed by atoms with E-state index in [1.54, 1.807) is 4.90 Å². The molecule has 4 nitrogen and oxygen atoms in total. The highest BCUT2D eigenvalue weighted by Crippen LogP contribution is 2.26. The van der Waals surface area contributed by atoms with Gasteiger partial charge in [0.25, 0.3) is 0 Å². The number of likely N-dealkylation sites (tertiary alicyclic amines) is 1. The Bertz CT molecular complexity index is 306. The second-order valence-corrected chi connectivity index (χ2v) is 6.25. The Hall–Kier alpha value is -1.06. The third kappa shape index (κ3) is 4.02. The lowest BCUT2D eigenvalue weighted by Gasteiger charge is -2.37. The van der Waals surface area contributed by atoms with Gasteiger partial charge in [-0.25, -0.2) is 0 Å². The zero-order valence-corrected chi connectivity index (χ0v) is 11.2. The maximum absolute atomic E-state index is 12.1. The fourth-order valence-corrected chi connectivity index (χ4v) is 2.21. The zero-order chi connectivity index (χ0) is 13.2. The molecule has 1 rings (SSSR count). The van der Waals surface area contributed by atoms with E-state index in [9.17, 15) is 9.59 Å². The van der Waals surface area contributed by atoms with Crippen LogP contribution in [0.1, 0.15) is 47.0 Å². The van der Waals surface area contributed by atoms with E-state index >= 15 is 0 Å². The van der Waals surface area contributed by atoms with E-state index in [0.717, 1.165) is 6.42 Å². The molecule has 1 saturated heterocycles. The topological polar surface area (TPSA) is 57.6 Å². The first-order valence-electron chi connectivity index (χ1n) is 6.23. The molecule has 1 aliphatic rings. The first-order valence-corrected chi connectivity index (χ1v) is 6.23. The Labute approximate surface area is 103 Å². The van der Waals surface area contributed by atoms with Gasteiger partial charge in [-0.05, 0) is 25.2 Å². The molecule has 1 aliphatic heterocycles. The van der Waals surface area contributed by atoms with Crippen molar-refractivity contribution in [2.75, 3.05) is 6.54 Å². The molecule has 17 heavy (non-hydrogen) atoms. The molecule has 2 atom stereocenters. The molecule has 0 radical (unpaired) electrons. The summed E-state index contributed by atoms with van der Waals surface area (Å²) in [5.41, 5.74) is -0.0486. The Balaban J connectivity index is 2.67. The van der Waals surface area contributed by atoms with Crippen LogP contribution in [-0.4, -0.2) is 34.5 Å². The van der Waals surface area contributed by atoms with Crippen LogP contribution >= 0.6 is 0 Å². The number of nitrogens with zero attached hydrogens (tertiary/aromatic N) is 1. The summed E-state index contributed by atoms with van der Waals surface area (Å²) in [4.78, 5) is 24.8. The zero-order valence-electron chi connectivity index (χ0n) is 11.2. The normalized spacial score (nSPS) is 25.8. The van der Waals surface area contributed by atoms with Gasteiger partial charge in [-0.3, -0.25) is 9.59 Å². The van der Waals surface area contributed by atoms with Gasteiger partial charge in [0.05, 0.1) is 5.92 Å². The molecule has 0 aromatic carbocycles. The van der Waals surface area contributed by atoms with Crippen LogP contribution in [0, 0.1) is 11.3 Å². The van der Waals surface area contributed by atoms with Gasteiger partial charge < -0.3 is 10.0 Å². The van der Waals surface area contributed by atoms with Crippen LogP contribution in [0.25, 0.3) is 0 Å². The quantitative estimate of drug-likeness (QED) is 0.805. The number of hydrogen-bond donors (Lipinski definition) is 1. The number of hydrogen-bond acceptors (Lipinski definition) is 2. The number of carboxylic acid groups (broad SMARTS) is 1. The van der Waals surface area contributed by atoms with E-state index in [0.29, 0.717) is 19.4 Å². The molecule has 1 N–H and O–H groups in total. The number of carboxylic acids is 1. The summed E-state index contributed by atoms with van der Waals surface area (Å²) in [7, 11) is 0. The highest BCUT2D eigenvalue weighted by Gasteiger charge is 2.33. The molecule has 1 heterocycles. The van der Waals surface area contributed by atoms with Crippen LogP contribution in [0.5, 0.6) is 0 Å². The molecule has 1 amide bonds. The van der Waals surface area contributed by atoms with E-state index < -0.39 is 11.9 Å². The Morgan fingerprint density at radius 1 is 1.29 bits per heavy atom. The highest BCUT2D eigenvalue weighted by molar-refractivity contribution is 5.78. The summed E-state index contributed by atoms with van der Waals surface area (Å²) in [5.74, 6) is -1.10. The summed E-state index contributed by atoms with van der Waals surface area (Å²) >= 11 is 0. The Kier molecular flexibility index (Phi) is 4.17. The van der Waals surface area contributed by atoms with Crippen molar-refractivity contribution in [3.8, 4) is 0 Å². The van der Waals surface area contributed by atoms with E-state index in [1.165, 1.54) is 0 Å². The van der Waals surface area contributed by atoms with Crippen molar-refractivity contribution in [2.24, 2.45) is 11.3 Å². The summed E-state index contributed by atoms with van der Waals surface area (Å²) in [6.45, 7) is 8.43. The minimum absolute atomic E-state index is 0.0486. The summed E-state index contributed by atoms with van der Waals surface area (Å²) in [6.07, 6.45) is 1.94. The molecule has 2 unspecified atom stereocenters. The fraction of sp³-hybridized carbons (Fsp3) is 0.846. The highest BCUT2D eigenvalue weighted by atomic mass is 16.4. The van der Waals surface area contributed by atoms with Crippen LogP contribution in [0.2, 0.25) is 0 Å². The average Bonchev–Trinajstić information content (AvgIpc) is 2.14. The monoisotopic (exact) mass is 241 g/mol. The molecular weight excluding hydrogens is 218 g/mol. The third-order valence-electron chi connectivity index (χ3n) is 3.23. The third-order valence-corrected chi connectivity index (χ3v) is 3.23. The standard InChI is InChI=1S/C13H23NO3/c1-9-5-6-10(12(16)17)8-14(9)11(15)7-13(2,3)4/h9-10H,5-8H2,1-4H3,(H,16,17). The van der Waals surface area contributed by atoms with E-state index in [-0.39, 0.29) is 17.4 Å². The van der Waals surface area contributed by atoms with E-state index in [1.807, 2.05) is 27.7 Å². The summed E-state index contributed by atoms with van der Waals surface area (Å²) in [6, 6.07) is 0.167. The van der Waals surface area contributed by atoms with Crippen molar-refractivity contribution in [1.82, 2.24) is 4.90 Å². The first-order chi connectivity index (χ1) is 7.70. The van der Waals surface area contributed by atoms with Gasteiger partial charge in [-0.2, -0.15) is 0 Å². The van der Waals surface area contributed by atoms with Gasteiger partial charge in [0, 0.05) is 19.0 Å². The minimum atomic E-state index is -0.787. The van der Waals surface area contributed by atoms with Gasteiger partial charge in [0.2, 0.25) is 5.91 Å². The van der Waals surface area contributed by atoms with Gasteiger partial charge in [0.1, 0.15) is 0 Å². The molecular formula is C13H23NO3. The van der Waals surface area contributed by atoms with Crippen molar-refractivity contribution in [3.05, 3.63) is 0 Å². The first kappa shape index (κ1) is 14.0. The molecule has 0 bridgehead atoms. The van der Waals surface area contributed by atoms with Crippen LogP contribution < -0.4 is 0 Å². The van der Waals surface area contributed by atoms with Gasteiger partial charge >= 0.3 is 5.97 Å². The number of carbonyl (C=O) groups excluding carboxylic acids is 1. The van der Waals surface area contributed by atoms with Gasteiger partial charge in [-0.1, -0.05) is 20.8 Å². The number of amides is 1. The Morgan fingerprint density at radius 3 is 2.35 bits per heavy atom. The van der Waals surface area contributed by atoms with Gasteiger partial charge in [-0.15, -0.1) is 0 Å². The van der Waals surface area contributed by atoms with Crippen molar-refractivity contribution in [2.45, 2.75) is 53.0 Å². The lowest BCUT2D eigenvalue weighted by atomic mass is 9.89. The van der Waals surface area contributed by atoms with Crippen LogP contribution in [0.3, 0.4) is 0 Å². The number of piperidine rings is 1. The average molecular weight is 241 g/mol. The van der Waals surface area contributed by atoms with Gasteiger partial charge in [0.15, 0.2) is 0 Å². The second-order valence-electron chi connectivity index (χ2n) is 6.25. The van der Waals surface area contributed by atoms with Crippen LogP contribution in [-0.2, 0) is 9.59 Å². The van der Waals surface area contributed by atoms with Crippen LogP contribution in [0.15, 0.2) is 0 Å². The molecule has 4 heteroatoms. The van der Waals surface area contributed by atoms with Crippen molar-refractivity contribution in [1.29, 1.82) is 0 Å². The maximum Gasteiger partial charge on any atom is 0.308 e. The van der Waals surface area contributed by atoms with Crippen molar-refractivity contribution < 1.29 is 14.7 Å². The van der Waals surface area contributed by atoms with E-state index in [4.69, 9.17) is 5.11 Å². The maximum atomic E-state index is 12.1.